The van der Waals surface area contributed by atoms with E-state index in [1.165, 1.54) is 0 Å². The molecule has 0 aliphatic rings. The van der Waals surface area contributed by atoms with E-state index < -0.39 is 12.0 Å². The Balaban J connectivity index is 2.38. The van der Waals surface area contributed by atoms with Gasteiger partial charge in [0.15, 0.2) is 0 Å². The molecular weight excluding hydrogens is 194 g/mol. The van der Waals surface area contributed by atoms with Crippen LogP contribution in [0.25, 0.3) is 0 Å². The number of nitrogens with two attached hydrogens (primary N) is 1. The lowest BCUT2D eigenvalue weighted by Gasteiger charge is -2.09. The molecule has 0 bridgehead atoms. The van der Waals surface area contributed by atoms with Gasteiger partial charge in [0.05, 0.1) is 5.69 Å². The number of aromatic nitrogens is 1. The molecule has 5 heteroatoms. The van der Waals surface area contributed by atoms with E-state index in [4.69, 9.17) is 10.8 Å². The molecule has 0 amide bonds. The second kappa shape index (κ2) is 5.43. The largest absolute Gasteiger partial charge is 0.480 e. The minimum absolute atomic E-state index is 0.241. The van der Waals surface area contributed by atoms with Gasteiger partial charge in [-0.1, -0.05) is 6.07 Å². The van der Waals surface area contributed by atoms with Crippen LogP contribution >= 0.6 is 0 Å². The predicted molar refractivity (Wildman–Crippen MR) is 56.3 cm³/mol. The number of aryl methyl sites for hydroxylation is 1. The van der Waals surface area contributed by atoms with Gasteiger partial charge in [-0.2, -0.15) is 0 Å². The highest BCUT2D eigenvalue weighted by molar-refractivity contribution is 5.73. The first-order chi connectivity index (χ1) is 7.11. The van der Waals surface area contributed by atoms with E-state index >= 15 is 0 Å². The summed E-state index contributed by atoms with van der Waals surface area (Å²) in [5.41, 5.74) is 7.33. The standard InChI is InChI=1S/C10H15N3O2/c1-7-3-2-4-13-9(7)6-12-5-8(11)10(14)15/h2-4,8,12H,5-6,11H2,1H3,(H,14,15). The van der Waals surface area contributed by atoms with Gasteiger partial charge in [-0.3, -0.25) is 9.78 Å². The molecule has 1 atom stereocenters. The fourth-order valence-corrected chi connectivity index (χ4v) is 1.14. The third-order valence-electron chi connectivity index (χ3n) is 2.09. The third kappa shape index (κ3) is 3.65. The van der Waals surface area contributed by atoms with Gasteiger partial charge in [0, 0.05) is 19.3 Å². The maximum atomic E-state index is 10.4. The number of aliphatic carboxylic acids is 1. The van der Waals surface area contributed by atoms with Crippen LogP contribution in [0.1, 0.15) is 11.3 Å². The van der Waals surface area contributed by atoms with Crippen molar-refractivity contribution in [2.45, 2.75) is 19.5 Å². The normalized spacial score (nSPS) is 12.4. The summed E-state index contributed by atoms with van der Waals surface area (Å²) in [5.74, 6) is -1.000. The van der Waals surface area contributed by atoms with E-state index in [1.54, 1.807) is 6.20 Å². The number of carboxylic acid groups (broad SMARTS) is 1. The Morgan fingerprint density at radius 2 is 2.47 bits per heavy atom. The molecule has 0 saturated heterocycles. The number of nitrogens with one attached hydrogen (secondary N) is 1. The quantitative estimate of drug-likeness (QED) is 0.629. The van der Waals surface area contributed by atoms with Crippen LogP contribution in [0.15, 0.2) is 18.3 Å². The van der Waals surface area contributed by atoms with Crippen LogP contribution in [-0.4, -0.2) is 28.6 Å². The van der Waals surface area contributed by atoms with E-state index in [-0.39, 0.29) is 6.54 Å². The summed E-state index contributed by atoms with van der Waals surface area (Å²) in [6.45, 7) is 2.74. The molecule has 4 N–H and O–H groups in total. The number of hydrogen-bond acceptors (Lipinski definition) is 4. The molecule has 0 aliphatic heterocycles. The highest BCUT2D eigenvalue weighted by Gasteiger charge is 2.10. The van der Waals surface area contributed by atoms with Gasteiger partial charge in [-0.05, 0) is 18.6 Å². The van der Waals surface area contributed by atoms with E-state index in [0.29, 0.717) is 6.54 Å². The summed E-state index contributed by atoms with van der Waals surface area (Å²) in [4.78, 5) is 14.6. The first-order valence-electron chi connectivity index (χ1n) is 4.71. The van der Waals surface area contributed by atoms with Gasteiger partial charge >= 0.3 is 5.97 Å². The van der Waals surface area contributed by atoms with Crippen molar-refractivity contribution in [1.29, 1.82) is 0 Å². The molecule has 0 spiro atoms. The van der Waals surface area contributed by atoms with Gasteiger partial charge in [-0.15, -0.1) is 0 Å². The molecular formula is C10H15N3O2. The van der Waals surface area contributed by atoms with Gasteiger partial charge in [0.25, 0.3) is 0 Å². The van der Waals surface area contributed by atoms with Crippen molar-refractivity contribution < 1.29 is 9.90 Å². The van der Waals surface area contributed by atoms with Crippen molar-refractivity contribution in [2.75, 3.05) is 6.54 Å². The molecule has 15 heavy (non-hydrogen) atoms. The van der Waals surface area contributed by atoms with E-state index in [2.05, 4.69) is 10.3 Å². The number of rotatable bonds is 5. The Labute approximate surface area is 88.3 Å². The fraction of sp³-hybridized carbons (Fsp3) is 0.400. The van der Waals surface area contributed by atoms with Crippen LogP contribution in [0.2, 0.25) is 0 Å². The monoisotopic (exact) mass is 209 g/mol. The molecule has 0 aromatic carbocycles. The van der Waals surface area contributed by atoms with Crippen molar-refractivity contribution in [2.24, 2.45) is 5.73 Å². The Morgan fingerprint density at radius 3 is 3.07 bits per heavy atom. The number of hydrogen-bond donors (Lipinski definition) is 3. The topological polar surface area (TPSA) is 88.2 Å². The van der Waals surface area contributed by atoms with Crippen molar-refractivity contribution in [3.63, 3.8) is 0 Å². The minimum Gasteiger partial charge on any atom is -0.480 e. The zero-order valence-corrected chi connectivity index (χ0v) is 8.60. The van der Waals surface area contributed by atoms with Crippen LogP contribution in [0.3, 0.4) is 0 Å². The summed E-state index contributed by atoms with van der Waals surface area (Å²) in [6, 6.07) is 2.96. The molecule has 82 valence electrons. The molecule has 1 aromatic heterocycles. The maximum absolute atomic E-state index is 10.4. The average Bonchev–Trinajstić information content (AvgIpc) is 2.20. The number of pyridine rings is 1. The van der Waals surface area contributed by atoms with E-state index in [1.807, 2.05) is 19.1 Å². The molecule has 0 fully saturated rings. The number of carboxylic acids is 1. The molecule has 0 saturated carbocycles. The van der Waals surface area contributed by atoms with Crippen molar-refractivity contribution in [3.8, 4) is 0 Å². The lowest BCUT2D eigenvalue weighted by Crippen LogP contribution is -2.40. The first-order valence-corrected chi connectivity index (χ1v) is 4.71. The molecule has 1 unspecified atom stereocenters. The lowest BCUT2D eigenvalue weighted by atomic mass is 10.2. The van der Waals surface area contributed by atoms with Crippen LogP contribution in [0.5, 0.6) is 0 Å². The van der Waals surface area contributed by atoms with E-state index in [9.17, 15) is 4.79 Å². The average molecular weight is 209 g/mol. The maximum Gasteiger partial charge on any atom is 0.321 e. The zero-order valence-electron chi connectivity index (χ0n) is 8.60. The summed E-state index contributed by atoms with van der Waals surface area (Å²) >= 11 is 0. The number of carbonyl (C=O) groups is 1. The number of nitrogens with zero attached hydrogens (tertiary/aromatic N) is 1. The Kier molecular flexibility index (Phi) is 4.20. The van der Waals surface area contributed by atoms with Crippen molar-refractivity contribution >= 4 is 5.97 Å². The highest BCUT2D eigenvalue weighted by Crippen LogP contribution is 2.01. The summed E-state index contributed by atoms with van der Waals surface area (Å²) in [7, 11) is 0. The molecule has 5 nitrogen and oxygen atoms in total. The summed E-state index contributed by atoms with van der Waals surface area (Å²) in [6.07, 6.45) is 1.71. The van der Waals surface area contributed by atoms with Crippen LogP contribution < -0.4 is 11.1 Å². The molecule has 1 aromatic rings. The van der Waals surface area contributed by atoms with Gasteiger partial charge < -0.3 is 16.2 Å². The SMILES string of the molecule is Cc1cccnc1CNCC(N)C(=O)O. The Hall–Kier alpha value is -1.46. The van der Waals surface area contributed by atoms with Crippen molar-refractivity contribution in [1.82, 2.24) is 10.3 Å². The van der Waals surface area contributed by atoms with Crippen LogP contribution in [0, 0.1) is 6.92 Å². The van der Waals surface area contributed by atoms with Gasteiger partial charge in [-0.25, -0.2) is 0 Å². The first kappa shape index (κ1) is 11.6. The third-order valence-corrected chi connectivity index (χ3v) is 2.09. The van der Waals surface area contributed by atoms with Crippen LogP contribution in [0.4, 0.5) is 0 Å². The highest BCUT2D eigenvalue weighted by atomic mass is 16.4. The van der Waals surface area contributed by atoms with Crippen molar-refractivity contribution in [3.05, 3.63) is 29.6 Å². The summed E-state index contributed by atoms with van der Waals surface area (Å²) < 4.78 is 0. The second-order valence-corrected chi connectivity index (χ2v) is 3.34. The summed E-state index contributed by atoms with van der Waals surface area (Å²) in [5, 5.41) is 11.5. The fourth-order valence-electron chi connectivity index (χ4n) is 1.14. The predicted octanol–water partition coefficient (Wildman–Crippen LogP) is -0.108. The zero-order chi connectivity index (χ0) is 11.3. The van der Waals surface area contributed by atoms with Gasteiger partial charge in [0.2, 0.25) is 0 Å². The van der Waals surface area contributed by atoms with Gasteiger partial charge in [0.1, 0.15) is 6.04 Å². The molecule has 1 heterocycles. The molecule has 1 rings (SSSR count). The Morgan fingerprint density at radius 1 is 1.73 bits per heavy atom. The van der Waals surface area contributed by atoms with Crippen LogP contribution in [-0.2, 0) is 11.3 Å². The lowest BCUT2D eigenvalue weighted by molar-refractivity contribution is -0.138. The minimum atomic E-state index is -1.000. The smallest absolute Gasteiger partial charge is 0.321 e. The Bertz CT molecular complexity index is 341. The second-order valence-electron chi connectivity index (χ2n) is 3.34. The molecule has 0 radical (unpaired) electrons. The van der Waals surface area contributed by atoms with E-state index in [0.717, 1.165) is 11.3 Å². The molecule has 0 aliphatic carbocycles.